The van der Waals surface area contributed by atoms with Crippen molar-refractivity contribution in [1.82, 2.24) is 14.8 Å². The highest BCUT2D eigenvalue weighted by atomic mass is 35.5. The molecule has 0 atom stereocenters. The van der Waals surface area contributed by atoms with Gasteiger partial charge in [0.2, 0.25) is 11.9 Å². The summed E-state index contributed by atoms with van der Waals surface area (Å²) in [7, 11) is 0. The van der Waals surface area contributed by atoms with Crippen molar-refractivity contribution in [3.05, 3.63) is 52.9 Å². The highest BCUT2D eigenvalue weighted by molar-refractivity contribution is 7.99. The van der Waals surface area contributed by atoms with E-state index in [9.17, 15) is 18.0 Å². The fraction of sp³-hybridized carbons (Fsp3) is 0.350. The van der Waals surface area contributed by atoms with Crippen molar-refractivity contribution in [2.45, 2.75) is 30.7 Å². The van der Waals surface area contributed by atoms with Crippen LogP contribution in [0.1, 0.15) is 24.2 Å². The maximum absolute atomic E-state index is 12.9. The first kappa shape index (κ1) is 22.5. The third kappa shape index (κ3) is 5.21. The second kappa shape index (κ2) is 9.45. The molecule has 0 spiro atoms. The number of hydrogen-bond donors (Lipinski definition) is 1. The zero-order valence-electron chi connectivity index (χ0n) is 16.7. The van der Waals surface area contributed by atoms with Gasteiger partial charge in [0, 0.05) is 13.1 Å². The van der Waals surface area contributed by atoms with Gasteiger partial charge in [-0.05, 0) is 43.2 Å². The van der Waals surface area contributed by atoms with Gasteiger partial charge in [0.05, 0.1) is 34.8 Å². The quantitative estimate of drug-likeness (QED) is 0.479. The van der Waals surface area contributed by atoms with Crippen LogP contribution in [0.25, 0.3) is 0 Å². The molecule has 7 nitrogen and oxygen atoms in total. The minimum Gasteiger partial charge on any atom is -0.467 e. The van der Waals surface area contributed by atoms with Crippen LogP contribution in [-0.2, 0) is 17.5 Å². The van der Waals surface area contributed by atoms with Crippen LogP contribution < -0.4 is 10.2 Å². The molecule has 1 N–H and O–H groups in total. The predicted molar refractivity (Wildman–Crippen MR) is 115 cm³/mol. The molecule has 3 aromatic rings. The molecule has 1 aliphatic heterocycles. The molecule has 1 fully saturated rings. The molecule has 12 heteroatoms. The van der Waals surface area contributed by atoms with Crippen molar-refractivity contribution in [3.63, 3.8) is 0 Å². The standard InChI is InChI=1S/C20H19ClF3N5O2S/c21-15-6-5-13(20(22,23)24)10-16(15)25-17(30)12-32-19-27-26-18(28-7-1-2-8-28)29(19)11-14-4-3-9-31-14/h3-6,9-10H,1-2,7-8,11-12H2,(H,25,30). The summed E-state index contributed by atoms with van der Waals surface area (Å²) < 4.78 is 46.2. The maximum atomic E-state index is 12.9. The fourth-order valence-electron chi connectivity index (χ4n) is 3.35. The first-order chi connectivity index (χ1) is 15.3. The summed E-state index contributed by atoms with van der Waals surface area (Å²) in [6, 6.07) is 6.41. The van der Waals surface area contributed by atoms with E-state index in [1.807, 2.05) is 10.6 Å². The normalized spacial score (nSPS) is 14.2. The van der Waals surface area contributed by atoms with Gasteiger partial charge >= 0.3 is 6.18 Å². The summed E-state index contributed by atoms with van der Waals surface area (Å²) in [6.45, 7) is 2.14. The van der Waals surface area contributed by atoms with Gasteiger partial charge in [-0.15, -0.1) is 10.2 Å². The second-order valence-corrected chi connectivity index (χ2v) is 8.52. The molecule has 1 saturated heterocycles. The summed E-state index contributed by atoms with van der Waals surface area (Å²) in [4.78, 5) is 14.6. The number of furan rings is 1. The number of nitrogens with zero attached hydrogens (tertiary/aromatic N) is 4. The molecule has 0 bridgehead atoms. The number of benzene rings is 1. The van der Waals surface area contributed by atoms with E-state index in [0.29, 0.717) is 23.4 Å². The number of alkyl halides is 3. The highest BCUT2D eigenvalue weighted by Crippen LogP contribution is 2.34. The Hall–Kier alpha value is -2.66. The van der Waals surface area contributed by atoms with E-state index in [2.05, 4.69) is 20.4 Å². The first-order valence-electron chi connectivity index (χ1n) is 9.81. The molecule has 1 aromatic carbocycles. The minimum atomic E-state index is -4.53. The molecule has 1 amide bonds. The van der Waals surface area contributed by atoms with Crippen LogP contribution in [0.15, 0.2) is 46.2 Å². The van der Waals surface area contributed by atoms with Gasteiger partial charge in [-0.25, -0.2) is 0 Å². The van der Waals surface area contributed by atoms with Gasteiger partial charge in [0.15, 0.2) is 5.16 Å². The number of halogens is 4. The zero-order chi connectivity index (χ0) is 22.7. The third-order valence-electron chi connectivity index (χ3n) is 4.88. The Bertz CT molecular complexity index is 1080. The molecule has 0 saturated carbocycles. The largest absolute Gasteiger partial charge is 0.467 e. The Morgan fingerprint density at radius 3 is 2.69 bits per heavy atom. The molecular weight excluding hydrogens is 467 g/mol. The van der Waals surface area contributed by atoms with Gasteiger partial charge in [-0.2, -0.15) is 13.2 Å². The number of aromatic nitrogens is 3. The van der Waals surface area contributed by atoms with E-state index in [-0.39, 0.29) is 16.5 Å². The number of hydrogen-bond acceptors (Lipinski definition) is 6. The Morgan fingerprint density at radius 1 is 1.22 bits per heavy atom. The minimum absolute atomic E-state index is 0.0219. The molecule has 4 rings (SSSR count). The molecule has 0 radical (unpaired) electrons. The molecule has 3 heterocycles. The summed E-state index contributed by atoms with van der Waals surface area (Å²) in [6.07, 6.45) is -0.826. The Balaban J connectivity index is 1.47. The van der Waals surface area contributed by atoms with Crippen molar-refractivity contribution >= 4 is 40.9 Å². The van der Waals surface area contributed by atoms with Crippen molar-refractivity contribution < 1.29 is 22.4 Å². The van der Waals surface area contributed by atoms with Crippen molar-refractivity contribution in [1.29, 1.82) is 0 Å². The topological polar surface area (TPSA) is 76.2 Å². The van der Waals surface area contributed by atoms with E-state index >= 15 is 0 Å². The van der Waals surface area contributed by atoms with Crippen LogP contribution in [0.3, 0.4) is 0 Å². The number of thioether (sulfide) groups is 1. The summed E-state index contributed by atoms with van der Waals surface area (Å²) in [5.74, 6) is 0.824. The Morgan fingerprint density at radius 2 is 2.00 bits per heavy atom. The molecule has 1 aliphatic rings. The van der Waals surface area contributed by atoms with Crippen LogP contribution >= 0.6 is 23.4 Å². The number of rotatable bonds is 7. The molecule has 0 unspecified atom stereocenters. The first-order valence-corrected chi connectivity index (χ1v) is 11.2. The van der Waals surface area contributed by atoms with E-state index < -0.39 is 17.6 Å². The van der Waals surface area contributed by atoms with E-state index in [0.717, 1.165) is 55.9 Å². The lowest BCUT2D eigenvalue weighted by Gasteiger charge is -2.17. The fourth-order valence-corrected chi connectivity index (χ4v) is 4.25. The summed E-state index contributed by atoms with van der Waals surface area (Å²) in [5.41, 5.74) is -0.986. The van der Waals surface area contributed by atoms with Gasteiger partial charge in [-0.1, -0.05) is 23.4 Å². The van der Waals surface area contributed by atoms with Gasteiger partial charge in [0.25, 0.3) is 0 Å². The van der Waals surface area contributed by atoms with Crippen molar-refractivity contribution in [3.8, 4) is 0 Å². The average Bonchev–Trinajstić information content (AvgIpc) is 3.50. The molecule has 170 valence electrons. The number of carbonyl (C=O) groups excluding carboxylic acids is 1. The molecule has 0 aliphatic carbocycles. The lowest BCUT2D eigenvalue weighted by atomic mass is 10.2. The average molecular weight is 486 g/mol. The lowest BCUT2D eigenvalue weighted by Crippen LogP contribution is -2.23. The maximum Gasteiger partial charge on any atom is 0.416 e. The van der Waals surface area contributed by atoms with Crippen LogP contribution in [0, 0.1) is 0 Å². The number of nitrogens with one attached hydrogen (secondary N) is 1. The summed E-state index contributed by atoms with van der Waals surface area (Å²) >= 11 is 7.09. The van der Waals surface area contributed by atoms with E-state index in [4.69, 9.17) is 16.0 Å². The highest BCUT2D eigenvalue weighted by Gasteiger charge is 2.31. The number of carbonyl (C=O) groups is 1. The van der Waals surface area contributed by atoms with E-state index in [1.54, 1.807) is 12.3 Å². The predicted octanol–water partition coefficient (Wildman–Crippen LogP) is 4.92. The second-order valence-electron chi connectivity index (χ2n) is 7.17. The smallest absolute Gasteiger partial charge is 0.416 e. The third-order valence-corrected chi connectivity index (χ3v) is 6.18. The summed E-state index contributed by atoms with van der Waals surface area (Å²) in [5, 5.41) is 11.5. The number of amides is 1. The van der Waals surface area contributed by atoms with Crippen molar-refractivity contribution in [2.75, 3.05) is 29.1 Å². The van der Waals surface area contributed by atoms with Gasteiger partial charge < -0.3 is 14.6 Å². The molecular formula is C20H19ClF3N5O2S. The van der Waals surface area contributed by atoms with Crippen LogP contribution in [0.4, 0.5) is 24.8 Å². The Kier molecular flexibility index (Phi) is 6.66. The van der Waals surface area contributed by atoms with Crippen LogP contribution in [0.5, 0.6) is 0 Å². The SMILES string of the molecule is O=C(CSc1nnc(N2CCCC2)n1Cc1ccco1)Nc1cc(C(F)(F)F)ccc1Cl. The molecule has 32 heavy (non-hydrogen) atoms. The van der Waals surface area contributed by atoms with Crippen LogP contribution in [-0.4, -0.2) is 39.5 Å². The number of anilines is 2. The Labute approximate surface area is 190 Å². The molecule has 2 aromatic heterocycles. The van der Waals surface area contributed by atoms with Crippen molar-refractivity contribution in [2.24, 2.45) is 0 Å². The zero-order valence-corrected chi connectivity index (χ0v) is 18.3. The van der Waals surface area contributed by atoms with Crippen LogP contribution in [0.2, 0.25) is 5.02 Å². The monoisotopic (exact) mass is 485 g/mol. The lowest BCUT2D eigenvalue weighted by molar-refractivity contribution is -0.137. The van der Waals surface area contributed by atoms with E-state index in [1.165, 1.54) is 0 Å². The van der Waals surface area contributed by atoms with Gasteiger partial charge in [0.1, 0.15) is 5.76 Å². The van der Waals surface area contributed by atoms with Gasteiger partial charge in [-0.3, -0.25) is 9.36 Å².